The number of benzene rings is 1. The highest BCUT2D eigenvalue weighted by Gasteiger charge is 2.27. The van der Waals surface area contributed by atoms with Crippen LogP contribution in [0.25, 0.3) is 0 Å². The number of hydrogen-bond acceptors (Lipinski definition) is 5. The zero-order chi connectivity index (χ0) is 16.1. The van der Waals surface area contributed by atoms with Gasteiger partial charge in [-0.3, -0.25) is 9.48 Å². The molecule has 7 heteroatoms. The van der Waals surface area contributed by atoms with E-state index in [0.29, 0.717) is 11.1 Å². The van der Waals surface area contributed by atoms with E-state index in [1.807, 2.05) is 0 Å². The van der Waals surface area contributed by atoms with Crippen LogP contribution in [0.4, 0.5) is 0 Å². The fourth-order valence-corrected chi connectivity index (χ4v) is 2.38. The van der Waals surface area contributed by atoms with Crippen LogP contribution >= 0.6 is 0 Å². The van der Waals surface area contributed by atoms with Gasteiger partial charge in [0.25, 0.3) is 0 Å². The number of aryl methyl sites for hydroxylation is 1. The minimum Gasteiger partial charge on any atom is -0.507 e. The standard InChI is InChI=1S/C15H19BN2O4/c1-11-4-2-5-12(15(11)20)8-13(16(21)22)9-14(19)10-18-7-3-6-17-18/h2-7,13,20-22H,8-10H2,1H3. The largest absolute Gasteiger partial charge is 0.507 e. The Balaban J connectivity index is 2.03. The van der Waals surface area contributed by atoms with E-state index in [0.717, 1.165) is 0 Å². The maximum atomic E-state index is 12.0. The van der Waals surface area contributed by atoms with Crippen molar-refractivity contribution in [3.63, 3.8) is 0 Å². The lowest BCUT2D eigenvalue weighted by Crippen LogP contribution is -2.26. The molecule has 1 atom stereocenters. The van der Waals surface area contributed by atoms with Crippen LogP contribution in [0.2, 0.25) is 5.82 Å². The first-order valence-electron chi connectivity index (χ1n) is 7.10. The lowest BCUT2D eigenvalue weighted by atomic mass is 9.67. The van der Waals surface area contributed by atoms with Crippen molar-refractivity contribution < 1.29 is 19.9 Å². The highest BCUT2D eigenvalue weighted by molar-refractivity contribution is 6.43. The summed E-state index contributed by atoms with van der Waals surface area (Å²) in [5.41, 5.74) is 1.32. The second-order valence-electron chi connectivity index (χ2n) is 5.41. The first kappa shape index (κ1) is 16.3. The Hall–Kier alpha value is -2.12. The SMILES string of the molecule is Cc1cccc(CC(CC(=O)Cn2cccn2)B(O)O)c1O. The fourth-order valence-electron chi connectivity index (χ4n) is 2.38. The smallest absolute Gasteiger partial charge is 0.455 e. The molecule has 6 nitrogen and oxygen atoms in total. The molecule has 0 aliphatic heterocycles. The molecule has 1 aromatic heterocycles. The number of carbonyl (C=O) groups excluding carboxylic acids is 1. The summed E-state index contributed by atoms with van der Waals surface area (Å²) >= 11 is 0. The molecular formula is C15H19BN2O4. The molecule has 0 aliphatic rings. The molecule has 22 heavy (non-hydrogen) atoms. The number of aromatic hydroxyl groups is 1. The van der Waals surface area contributed by atoms with Gasteiger partial charge in [-0.25, -0.2) is 0 Å². The van der Waals surface area contributed by atoms with Crippen molar-refractivity contribution in [1.29, 1.82) is 0 Å². The van der Waals surface area contributed by atoms with Crippen molar-refractivity contribution in [1.82, 2.24) is 9.78 Å². The lowest BCUT2D eigenvalue weighted by molar-refractivity contribution is -0.120. The van der Waals surface area contributed by atoms with E-state index in [1.165, 1.54) is 4.68 Å². The first-order valence-corrected chi connectivity index (χ1v) is 7.10. The average molecular weight is 302 g/mol. The summed E-state index contributed by atoms with van der Waals surface area (Å²) in [6, 6.07) is 7.00. The highest BCUT2D eigenvalue weighted by Crippen LogP contribution is 2.28. The predicted molar refractivity (Wildman–Crippen MR) is 82.3 cm³/mol. The van der Waals surface area contributed by atoms with Gasteiger partial charge in [-0.05, 0) is 30.5 Å². The van der Waals surface area contributed by atoms with Crippen LogP contribution in [-0.2, 0) is 17.8 Å². The molecule has 0 radical (unpaired) electrons. The van der Waals surface area contributed by atoms with Gasteiger partial charge in [0, 0.05) is 24.6 Å². The van der Waals surface area contributed by atoms with E-state index in [2.05, 4.69) is 5.10 Å². The normalized spacial score (nSPS) is 12.1. The number of nitrogens with zero attached hydrogens (tertiary/aromatic N) is 2. The zero-order valence-electron chi connectivity index (χ0n) is 12.4. The molecule has 0 fully saturated rings. The molecule has 0 spiro atoms. The van der Waals surface area contributed by atoms with Crippen LogP contribution in [0.5, 0.6) is 5.75 Å². The zero-order valence-corrected chi connectivity index (χ0v) is 12.4. The molecular weight excluding hydrogens is 283 g/mol. The van der Waals surface area contributed by atoms with E-state index in [4.69, 9.17) is 0 Å². The van der Waals surface area contributed by atoms with E-state index in [9.17, 15) is 19.9 Å². The second kappa shape index (κ2) is 7.24. The van der Waals surface area contributed by atoms with Gasteiger partial charge in [0.1, 0.15) is 5.75 Å². The number of phenols is 1. The van der Waals surface area contributed by atoms with Crippen LogP contribution in [0.3, 0.4) is 0 Å². The van der Waals surface area contributed by atoms with Crippen LogP contribution in [-0.4, -0.2) is 37.8 Å². The van der Waals surface area contributed by atoms with Crippen molar-refractivity contribution in [2.24, 2.45) is 0 Å². The molecule has 0 amide bonds. The van der Waals surface area contributed by atoms with Gasteiger partial charge in [0.2, 0.25) is 0 Å². The third kappa shape index (κ3) is 4.19. The van der Waals surface area contributed by atoms with Gasteiger partial charge in [-0.15, -0.1) is 0 Å². The first-order chi connectivity index (χ1) is 10.5. The van der Waals surface area contributed by atoms with Crippen molar-refractivity contribution in [3.05, 3.63) is 47.8 Å². The van der Waals surface area contributed by atoms with Crippen molar-refractivity contribution in [2.75, 3.05) is 0 Å². The molecule has 2 aromatic rings. The van der Waals surface area contributed by atoms with Gasteiger partial charge < -0.3 is 15.2 Å². The van der Waals surface area contributed by atoms with Gasteiger partial charge in [-0.1, -0.05) is 18.2 Å². The highest BCUT2D eigenvalue weighted by atomic mass is 16.4. The predicted octanol–water partition coefficient (Wildman–Crippen LogP) is 0.942. The molecule has 2 rings (SSSR count). The van der Waals surface area contributed by atoms with Crippen LogP contribution in [0, 0.1) is 6.92 Å². The van der Waals surface area contributed by atoms with Crippen molar-refractivity contribution >= 4 is 12.9 Å². The van der Waals surface area contributed by atoms with E-state index < -0.39 is 12.9 Å². The molecule has 1 aromatic carbocycles. The van der Waals surface area contributed by atoms with Crippen LogP contribution < -0.4 is 0 Å². The molecule has 1 heterocycles. The fraction of sp³-hybridized carbons (Fsp3) is 0.333. The Morgan fingerprint density at radius 2 is 2.14 bits per heavy atom. The number of carbonyl (C=O) groups is 1. The van der Waals surface area contributed by atoms with Gasteiger partial charge in [0.15, 0.2) is 5.78 Å². The van der Waals surface area contributed by atoms with E-state index >= 15 is 0 Å². The Labute approximate surface area is 129 Å². The van der Waals surface area contributed by atoms with Gasteiger partial charge >= 0.3 is 7.12 Å². The molecule has 0 saturated heterocycles. The summed E-state index contributed by atoms with van der Waals surface area (Å²) in [7, 11) is -1.62. The minimum atomic E-state index is -1.62. The number of rotatable bonds is 7. The Bertz CT molecular complexity index is 628. The third-order valence-corrected chi connectivity index (χ3v) is 3.61. The lowest BCUT2D eigenvalue weighted by Gasteiger charge is -2.16. The second-order valence-corrected chi connectivity index (χ2v) is 5.41. The van der Waals surface area contributed by atoms with Crippen LogP contribution in [0.1, 0.15) is 17.5 Å². The van der Waals surface area contributed by atoms with Crippen molar-refractivity contribution in [3.8, 4) is 5.75 Å². The Kier molecular flexibility index (Phi) is 5.35. The number of phenolic OH excluding ortho intramolecular Hbond substituents is 1. The number of Topliss-reactive ketones (excluding diaryl/α,β-unsaturated/α-hetero) is 1. The molecule has 116 valence electrons. The topological polar surface area (TPSA) is 95.6 Å². The number of hydrogen-bond donors (Lipinski definition) is 3. The summed E-state index contributed by atoms with van der Waals surface area (Å²) in [4.78, 5) is 12.0. The summed E-state index contributed by atoms with van der Waals surface area (Å²) < 4.78 is 1.49. The van der Waals surface area contributed by atoms with E-state index in [-0.39, 0.29) is 30.9 Å². The number of para-hydroxylation sites is 1. The number of ketones is 1. The molecule has 3 N–H and O–H groups in total. The molecule has 1 unspecified atom stereocenters. The van der Waals surface area contributed by atoms with Gasteiger partial charge in [0.05, 0.1) is 6.54 Å². The Morgan fingerprint density at radius 1 is 1.36 bits per heavy atom. The maximum Gasteiger partial charge on any atom is 0.455 e. The van der Waals surface area contributed by atoms with E-state index in [1.54, 1.807) is 43.6 Å². The molecule has 0 saturated carbocycles. The molecule has 0 aliphatic carbocycles. The summed E-state index contributed by atoms with van der Waals surface area (Å²) in [6.45, 7) is 1.86. The molecule has 0 bridgehead atoms. The van der Waals surface area contributed by atoms with Crippen LogP contribution in [0.15, 0.2) is 36.7 Å². The monoisotopic (exact) mass is 302 g/mol. The quantitative estimate of drug-likeness (QED) is 0.662. The Morgan fingerprint density at radius 3 is 2.77 bits per heavy atom. The summed E-state index contributed by atoms with van der Waals surface area (Å²) in [6.07, 6.45) is 3.48. The van der Waals surface area contributed by atoms with Gasteiger partial charge in [-0.2, -0.15) is 5.10 Å². The summed E-state index contributed by atoms with van der Waals surface area (Å²) in [5.74, 6) is -0.683. The summed E-state index contributed by atoms with van der Waals surface area (Å²) in [5, 5.41) is 33.0. The number of aromatic nitrogens is 2. The maximum absolute atomic E-state index is 12.0. The minimum absolute atomic E-state index is 0.00487. The average Bonchev–Trinajstić information content (AvgIpc) is 2.95. The third-order valence-electron chi connectivity index (χ3n) is 3.61. The van der Waals surface area contributed by atoms with Crippen molar-refractivity contribution in [2.45, 2.75) is 32.1 Å².